The largest absolute Gasteiger partial charge is 0.494 e. The molecule has 0 bridgehead atoms. The molecular formula is C23H22N2O3. The lowest BCUT2D eigenvalue weighted by Crippen LogP contribution is -2.30. The van der Waals surface area contributed by atoms with Crippen LogP contribution >= 0.6 is 0 Å². The summed E-state index contributed by atoms with van der Waals surface area (Å²) in [4.78, 5) is 19.3. The highest BCUT2D eigenvalue weighted by Crippen LogP contribution is 2.26. The van der Waals surface area contributed by atoms with Crippen molar-refractivity contribution < 1.29 is 13.9 Å². The highest BCUT2D eigenvalue weighted by molar-refractivity contribution is 6.06. The lowest BCUT2D eigenvalue weighted by atomic mass is 10.1. The molecule has 0 atom stereocenters. The van der Waals surface area contributed by atoms with Gasteiger partial charge in [0.1, 0.15) is 5.75 Å². The first-order chi connectivity index (χ1) is 13.6. The minimum Gasteiger partial charge on any atom is -0.494 e. The van der Waals surface area contributed by atoms with Gasteiger partial charge in [0.25, 0.3) is 5.91 Å². The van der Waals surface area contributed by atoms with Crippen molar-refractivity contribution in [2.45, 2.75) is 20.8 Å². The van der Waals surface area contributed by atoms with E-state index >= 15 is 0 Å². The zero-order chi connectivity index (χ0) is 19.7. The Morgan fingerprint density at radius 1 is 1.04 bits per heavy atom. The third-order valence-corrected chi connectivity index (χ3v) is 4.69. The number of nitrogens with zero attached hydrogens (tertiary/aromatic N) is 2. The standard InChI is InChI=1S/C23H22N2O3/c1-4-25(18-8-10-19(11-9-18)27-5-2)23(26)21-14-17-13-16-7-6-15(3)12-20(16)24-22(17)28-21/h6-14H,4-5H2,1-3H3. The van der Waals surface area contributed by atoms with Crippen LogP contribution in [0.2, 0.25) is 0 Å². The van der Waals surface area contributed by atoms with Crippen LogP contribution < -0.4 is 9.64 Å². The number of hydrogen-bond donors (Lipinski definition) is 0. The van der Waals surface area contributed by atoms with Gasteiger partial charge in [0.05, 0.1) is 12.1 Å². The Bertz CT molecular complexity index is 1150. The smallest absolute Gasteiger partial charge is 0.294 e. The van der Waals surface area contributed by atoms with Gasteiger partial charge in [0, 0.05) is 23.0 Å². The van der Waals surface area contributed by atoms with Crippen molar-refractivity contribution in [3.8, 4) is 5.75 Å². The molecule has 5 heteroatoms. The molecule has 4 rings (SSSR count). The lowest BCUT2D eigenvalue weighted by molar-refractivity contribution is 0.0963. The van der Waals surface area contributed by atoms with Crippen LogP contribution in [0.3, 0.4) is 0 Å². The van der Waals surface area contributed by atoms with E-state index in [1.807, 2.05) is 69.3 Å². The maximum Gasteiger partial charge on any atom is 0.294 e. The second kappa shape index (κ2) is 7.35. The monoisotopic (exact) mass is 374 g/mol. The quantitative estimate of drug-likeness (QED) is 0.472. The number of amides is 1. The van der Waals surface area contributed by atoms with E-state index in [0.717, 1.165) is 33.3 Å². The number of aryl methyl sites for hydroxylation is 1. The molecule has 0 saturated carbocycles. The summed E-state index contributed by atoms with van der Waals surface area (Å²) < 4.78 is 11.3. The molecule has 28 heavy (non-hydrogen) atoms. The van der Waals surface area contributed by atoms with Crippen LogP contribution in [-0.4, -0.2) is 24.0 Å². The topological polar surface area (TPSA) is 55.6 Å². The van der Waals surface area contributed by atoms with E-state index < -0.39 is 0 Å². The molecule has 0 N–H and O–H groups in total. The van der Waals surface area contributed by atoms with Gasteiger partial charge in [0.2, 0.25) is 5.71 Å². The second-order valence-electron chi connectivity index (χ2n) is 6.67. The maximum atomic E-state index is 13.1. The van der Waals surface area contributed by atoms with Crippen LogP contribution in [0, 0.1) is 6.92 Å². The van der Waals surface area contributed by atoms with Crippen molar-refractivity contribution >= 4 is 33.6 Å². The molecule has 0 aliphatic carbocycles. The van der Waals surface area contributed by atoms with Crippen LogP contribution in [0.25, 0.3) is 22.0 Å². The first-order valence-electron chi connectivity index (χ1n) is 9.44. The van der Waals surface area contributed by atoms with E-state index in [2.05, 4.69) is 4.98 Å². The van der Waals surface area contributed by atoms with Crippen molar-refractivity contribution in [1.82, 2.24) is 4.98 Å². The number of pyridine rings is 1. The minimum atomic E-state index is -0.190. The van der Waals surface area contributed by atoms with E-state index in [4.69, 9.17) is 9.15 Å². The number of rotatable bonds is 5. The van der Waals surface area contributed by atoms with Crippen LogP contribution in [0.1, 0.15) is 30.0 Å². The van der Waals surface area contributed by atoms with Gasteiger partial charge < -0.3 is 14.1 Å². The van der Waals surface area contributed by atoms with Gasteiger partial charge in [-0.05, 0) is 68.8 Å². The van der Waals surface area contributed by atoms with Gasteiger partial charge in [0.15, 0.2) is 5.76 Å². The number of carbonyl (C=O) groups excluding carboxylic acids is 1. The number of carbonyl (C=O) groups is 1. The Balaban J connectivity index is 1.68. The van der Waals surface area contributed by atoms with Crippen LogP contribution in [0.5, 0.6) is 5.75 Å². The van der Waals surface area contributed by atoms with Gasteiger partial charge >= 0.3 is 0 Å². The van der Waals surface area contributed by atoms with E-state index in [0.29, 0.717) is 18.9 Å². The third-order valence-electron chi connectivity index (χ3n) is 4.69. The number of hydrogen-bond acceptors (Lipinski definition) is 4. The average molecular weight is 374 g/mol. The van der Waals surface area contributed by atoms with E-state index in [-0.39, 0.29) is 11.7 Å². The van der Waals surface area contributed by atoms with Crippen molar-refractivity contribution in [1.29, 1.82) is 0 Å². The van der Waals surface area contributed by atoms with Gasteiger partial charge in [-0.15, -0.1) is 0 Å². The lowest BCUT2D eigenvalue weighted by Gasteiger charge is -2.20. The number of ether oxygens (including phenoxy) is 1. The Labute approximate surface area is 163 Å². The summed E-state index contributed by atoms with van der Waals surface area (Å²) in [5, 5.41) is 1.85. The Morgan fingerprint density at radius 2 is 1.82 bits per heavy atom. The van der Waals surface area contributed by atoms with Gasteiger partial charge in [-0.25, -0.2) is 4.98 Å². The molecule has 5 nitrogen and oxygen atoms in total. The first-order valence-corrected chi connectivity index (χ1v) is 9.44. The average Bonchev–Trinajstić information content (AvgIpc) is 3.11. The van der Waals surface area contributed by atoms with Gasteiger partial charge in [-0.3, -0.25) is 4.79 Å². The predicted molar refractivity (Wildman–Crippen MR) is 111 cm³/mol. The van der Waals surface area contributed by atoms with Gasteiger partial charge in [-0.2, -0.15) is 0 Å². The zero-order valence-electron chi connectivity index (χ0n) is 16.2. The van der Waals surface area contributed by atoms with Gasteiger partial charge in [-0.1, -0.05) is 12.1 Å². The number of aromatic nitrogens is 1. The van der Waals surface area contributed by atoms with E-state index in [1.165, 1.54) is 0 Å². The first kappa shape index (κ1) is 18.0. The predicted octanol–water partition coefficient (Wildman–Crippen LogP) is 5.35. The highest BCUT2D eigenvalue weighted by Gasteiger charge is 2.21. The summed E-state index contributed by atoms with van der Waals surface area (Å²) >= 11 is 0. The van der Waals surface area contributed by atoms with Crippen LogP contribution in [0.15, 0.2) is 59.0 Å². The molecule has 0 fully saturated rings. The molecule has 0 spiro atoms. The van der Waals surface area contributed by atoms with E-state index in [9.17, 15) is 4.79 Å². The summed E-state index contributed by atoms with van der Waals surface area (Å²) in [5.74, 6) is 0.875. The normalized spacial score (nSPS) is 11.1. The molecule has 0 radical (unpaired) electrons. The summed E-state index contributed by atoms with van der Waals surface area (Å²) in [6.07, 6.45) is 0. The fourth-order valence-electron chi connectivity index (χ4n) is 3.31. The summed E-state index contributed by atoms with van der Waals surface area (Å²) in [6, 6.07) is 17.3. The molecule has 2 heterocycles. The third kappa shape index (κ3) is 3.31. The summed E-state index contributed by atoms with van der Waals surface area (Å²) in [6.45, 7) is 7.04. The van der Waals surface area contributed by atoms with Crippen LogP contribution in [0.4, 0.5) is 5.69 Å². The van der Waals surface area contributed by atoms with Crippen molar-refractivity contribution in [3.63, 3.8) is 0 Å². The highest BCUT2D eigenvalue weighted by atomic mass is 16.5. The number of anilines is 1. The zero-order valence-corrected chi connectivity index (χ0v) is 16.2. The van der Waals surface area contributed by atoms with Crippen molar-refractivity contribution in [2.75, 3.05) is 18.1 Å². The Morgan fingerprint density at radius 3 is 2.54 bits per heavy atom. The maximum absolute atomic E-state index is 13.1. The molecular weight excluding hydrogens is 352 g/mol. The molecule has 2 aromatic heterocycles. The fraction of sp³-hybridized carbons (Fsp3) is 0.217. The van der Waals surface area contributed by atoms with Crippen LogP contribution in [-0.2, 0) is 0 Å². The van der Waals surface area contributed by atoms with E-state index in [1.54, 1.807) is 11.0 Å². The molecule has 1 amide bonds. The number of furan rings is 1. The molecule has 0 aliphatic heterocycles. The Kier molecular flexibility index (Phi) is 4.74. The molecule has 142 valence electrons. The van der Waals surface area contributed by atoms with Crippen molar-refractivity contribution in [2.24, 2.45) is 0 Å². The second-order valence-corrected chi connectivity index (χ2v) is 6.67. The SMILES string of the molecule is CCOc1ccc(N(CC)C(=O)c2cc3cc4ccc(C)cc4nc3o2)cc1. The summed E-state index contributed by atoms with van der Waals surface area (Å²) in [5.41, 5.74) is 3.27. The fourth-order valence-corrected chi connectivity index (χ4v) is 3.31. The number of fused-ring (bicyclic) bond motifs is 2. The number of benzene rings is 2. The molecule has 0 aliphatic rings. The van der Waals surface area contributed by atoms with Crippen molar-refractivity contribution in [3.05, 3.63) is 65.9 Å². The Hall–Kier alpha value is -3.34. The summed E-state index contributed by atoms with van der Waals surface area (Å²) in [7, 11) is 0. The molecule has 2 aromatic carbocycles. The molecule has 0 unspecified atom stereocenters. The molecule has 0 saturated heterocycles. The minimum absolute atomic E-state index is 0.190. The molecule has 4 aromatic rings.